The van der Waals surface area contributed by atoms with Gasteiger partial charge in [0.1, 0.15) is 0 Å². The summed E-state index contributed by atoms with van der Waals surface area (Å²) in [7, 11) is 0. The molecule has 1 unspecified atom stereocenters. The van der Waals surface area contributed by atoms with Crippen LogP contribution >= 0.6 is 11.6 Å². The monoisotopic (exact) mass is 267 g/mol. The standard InChI is InChI=1S/C12H14ClN3O2/c13-9-4-2-1-3-8(9)7-11-15-12(18-16-11)10(14)5-6-17/h1-4,10,17H,5-7,14H2. The highest BCUT2D eigenvalue weighted by Gasteiger charge is 2.14. The lowest BCUT2D eigenvalue weighted by Gasteiger charge is -2.02. The van der Waals surface area contributed by atoms with E-state index in [2.05, 4.69) is 10.1 Å². The predicted molar refractivity (Wildman–Crippen MR) is 67.2 cm³/mol. The molecule has 18 heavy (non-hydrogen) atoms. The van der Waals surface area contributed by atoms with Crippen LogP contribution in [0.15, 0.2) is 28.8 Å². The molecule has 0 radical (unpaired) electrons. The minimum Gasteiger partial charge on any atom is -0.396 e. The van der Waals surface area contributed by atoms with E-state index in [1.165, 1.54) is 0 Å². The summed E-state index contributed by atoms with van der Waals surface area (Å²) in [6.07, 6.45) is 0.892. The van der Waals surface area contributed by atoms with Crippen LogP contribution < -0.4 is 5.73 Å². The van der Waals surface area contributed by atoms with Crippen molar-refractivity contribution in [3.63, 3.8) is 0 Å². The van der Waals surface area contributed by atoms with Gasteiger partial charge in [0.25, 0.3) is 0 Å². The van der Waals surface area contributed by atoms with Gasteiger partial charge in [-0.25, -0.2) is 0 Å². The van der Waals surface area contributed by atoms with Crippen molar-refractivity contribution in [3.05, 3.63) is 46.6 Å². The van der Waals surface area contributed by atoms with E-state index in [0.717, 1.165) is 5.56 Å². The molecular formula is C12H14ClN3O2. The van der Waals surface area contributed by atoms with Gasteiger partial charge in [0.05, 0.1) is 6.04 Å². The smallest absolute Gasteiger partial charge is 0.243 e. The van der Waals surface area contributed by atoms with Crippen LogP contribution in [0.2, 0.25) is 5.02 Å². The van der Waals surface area contributed by atoms with E-state index < -0.39 is 6.04 Å². The first-order valence-electron chi connectivity index (χ1n) is 5.63. The summed E-state index contributed by atoms with van der Waals surface area (Å²) in [5, 5.41) is 13.3. The van der Waals surface area contributed by atoms with Gasteiger partial charge in [-0.15, -0.1) is 0 Å². The molecule has 0 bridgehead atoms. The van der Waals surface area contributed by atoms with Gasteiger partial charge < -0.3 is 15.4 Å². The van der Waals surface area contributed by atoms with Crippen LogP contribution in [-0.2, 0) is 6.42 Å². The molecule has 2 aromatic rings. The van der Waals surface area contributed by atoms with Gasteiger partial charge in [0.2, 0.25) is 5.89 Å². The summed E-state index contributed by atoms with van der Waals surface area (Å²) >= 11 is 6.05. The van der Waals surface area contributed by atoms with Crippen molar-refractivity contribution in [1.82, 2.24) is 10.1 Å². The number of hydrogen-bond donors (Lipinski definition) is 2. The summed E-state index contributed by atoms with van der Waals surface area (Å²) in [5.41, 5.74) is 6.69. The molecule has 1 aromatic carbocycles. The zero-order valence-corrected chi connectivity index (χ0v) is 10.5. The molecule has 0 spiro atoms. The van der Waals surface area contributed by atoms with E-state index >= 15 is 0 Å². The van der Waals surface area contributed by atoms with Crippen LogP contribution in [0, 0.1) is 0 Å². The van der Waals surface area contributed by atoms with Crippen molar-refractivity contribution in [2.45, 2.75) is 18.9 Å². The molecule has 1 aromatic heterocycles. The van der Waals surface area contributed by atoms with E-state index in [1.54, 1.807) is 0 Å². The number of nitrogens with zero attached hydrogens (tertiary/aromatic N) is 2. The molecule has 6 heteroatoms. The molecule has 0 saturated carbocycles. The van der Waals surface area contributed by atoms with Crippen LogP contribution in [0.4, 0.5) is 0 Å². The molecule has 1 heterocycles. The van der Waals surface area contributed by atoms with E-state index in [9.17, 15) is 0 Å². The fourth-order valence-electron chi connectivity index (χ4n) is 1.56. The third-order valence-electron chi connectivity index (χ3n) is 2.55. The molecule has 0 aliphatic rings. The fourth-order valence-corrected chi connectivity index (χ4v) is 1.77. The summed E-state index contributed by atoms with van der Waals surface area (Å²) in [5.74, 6) is 0.873. The minimum atomic E-state index is -0.428. The second-order valence-electron chi connectivity index (χ2n) is 3.94. The molecule has 0 amide bonds. The fraction of sp³-hybridized carbons (Fsp3) is 0.333. The number of hydrogen-bond acceptors (Lipinski definition) is 5. The second-order valence-corrected chi connectivity index (χ2v) is 4.34. The Morgan fingerprint density at radius 3 is 2.89 bits per heavy atom. The molecule has 5 nitrogen and oxygen atoms in total. The number of benzene rings is 1. The van der Waals surface area contributed by atoms with Crippen molar-refractivity contribution in [1.29, 1.82) is 0 Å². The maximum Gasteiger partial charge on any atom is 0.243 e. The number of nitrogens with two attached hydrogens (primary N) is 1. The summed E-state index contributed by atoms with van der Waals surface area (Å²) in [4.78, 5) is 4.19. The zero-order valence-electron chi connectivity index (χ0n) is 9.71. The van der Waals surface area contributed by atoms with Crippen LogP contribution in [0.25, 0.3) is 0 Å². The number of aliphatic hydroxyl groups excluding tert-OH is 1. The summed E-state index contributed by atoms with van der Waals surface area (Å²) in [6.45, 7) is -0.0105. The second kappa shape index (κ2) is 5.95. The first-order valence-corrected chi connectivity index (χ1v) is 6.01. The molecule has 0 aliphatic heterocycles. The van der Waals surface area contributed by atoms with Gasteiger partial charge in [-0.05, 0) is 18.1 Å². The van der Waals surface area contributed by atoms with Gasteiger partial charge in [-0.1, -0.05) is 35.0 Å². The Morgan fingerprint density at radius 2 is 2.17 bits per heavy atom. The quantitative estimate of drug-likeness (QED) is 0.861. The average Bonchev–Trinajstić information content (AvgIpc) is 2.81. The van der Waals surface area contributed by atoms with Gasteiger partial charge in [0, 0.05) is 18.1 Å². The van der Waals surface area contributed by atoms with Gasteiger partial charge in [-0.3, -0.25) is 0 Å². The SMILES string of the molecule is NC(CCO)c1nc(Cc2ccccc2Cl)no1. The molecule has 0 fully saturated rings. The van der Waals surface area contributed by atoms with Crippen LogP contribution in [0.3, 0.4) is 0 Å². The van der Waals surface area contributed by atoms with Crippen molar-refractivity contribution in [2.75, 3.05) is 6.61 Å². The molecule has 0 saturated heterocycles. The normalized spacial score (nSPS) is 12.6. The Balaban J connectivity index is 2.09. The lowest BCUT2D eigenvalue weighted by molar-refractivity contribution is 0.259. The highest BCUT2D eigenvalue weighted by molar-refractivity contribution is 6.31. The third-order valence-corrected chi connectivity index (χ3v) is 2.92. The maximum absolute atomic E-state index is 8.79. The molecule has 0 aliphatic carbocycles. The molecule has 96 valence electrons. The highest BCUT2D eigenvalue weighted by Crippen LogP contribution is 2.18. The summed E-state index contributed by atoms with van der Waals surface area (Å²) in [6, 6.07) is 7.06. The molecule has 3 N–H and O–H groups in total. The topological polar surface area (TPSA) is 85.2 Å². The van der Waals surface area contributed by atoms with Crippen LogP contribution in [0.5, 0.6) is 0 Å². The first kappa shape index (κ1) is 13.0. The largest absolute Gasteiger partial charge is 0.396 e. The van der Waals surface area contributed by atoms with Crippen LogP contribution in [-0.4, -0.2) is 21.9 Å². The van der Waals surface area contributed by atoms with Gasteiger partial charge in [0.15, 0.2) is 5.82 Å². The highest BCUT2D eigenvalue weighted by atomic mass is 35.5. The minimum absolute atomic E-state index is 0.0105. The molecule has 2 rings (SSSR count). The molecular weight excluding hydrogens is 254 g/mol. The zero-order chi connectivity index (χ0) is 13.0. The van der Waals surface area contributed by atoms with E-state index in [4.69, 9.17) is 27.0 Å². The Bertz CT molecular complexity index is 516. The number of halogens is 1. The lowest BCUT2D eigenvalue weighted by Crippen LogP contribution is -2.12. The Morgan fingerprint density at radius 1 is 1.39 bits per heavy atom. The first-order chi connectivity index (χ1) is 8.70. The average molecular weight is 268 g/mol. The number of aliphatic hydroxyl groups is 1. The van der Waals surface area contributed by atoms with Crippen molar-refractivity contribution in [2.24, 2.45) is 5.73 Å². The summed E-state index contributed by atoms with van der Waals surface area (Å²) < 4.78 is 5.05. The molecule has 1 atom stereocenters. The van der Waals surface area contributed by atoms with Crippen LogP contribution in [0.1, 0.15) is 29.7 Å². The Labute approximate surface area is 110 Å². The van der Waals surface area contributed by atoms with E-state index in [-0.39, 0.29) is 6.61 Å². The number of aromatic nitrogens is 2. The lowest BCUT2D eigenvalue weighted by atomic mass is 10.1. The third kappa shape index (κ3) is 3.07. The van der Waals surface area contributed by atoms with Gasteiger partial charge >= 0.3 is 0 Å². The van der Waals surface area contributed by atoms with Crippen molar-refractivity contribution < 1.29 is 9.63 Å². The van der Waals surface area contributed by atoms with Gasteiger partial charge in [-0.2, -0.15) is 4.98 Å². The maximum atomic E-state index is 8.79. The van der Waals surface area contributed by atoms with Crippen molar-refractivity contribution >= 4 is 11.6 Å². The van der Waals surface area contributed by atoms with Crippen molar-refractivity contribution in [3.8, 4) is 0 Å². The van der Waals surface area contributed by atoms with E-state index in [0.29, 0.717) is 29.6 Å². The van der Waals surface area contributed by atoms with E-state index in [1.807, 2.05) is 24.3 Å². The number of rotatable bonds is 5. The Kier molecular flexibility index (Phi) is 4.30. The predicted octanol–water partition coefficient (Wildman–Crippen LogP) is 1.70. The Hall–Kier alpha value is -1.43.